The Morgan fingerprint density at radius 2 is 2.27 bits per heavy atom. The zero-order valence-electron chi connectivity index (χ0n) is 12.4. The van der Waals surface area contributed by atoms with E-state index in [1.807, 2.05) is 18.2 Å². The van der Waals surface area contributed by atoms with Crippen LogP contribution in [0.5, 0.6) is 5.75 Å². The van der Waals surface area contributed by atoms with Crippen molar-refractivity contribution < 1.29 is 9.53 Å². The molecule has 116 valence electrons. The Morgan fingerprint density at radius 3 is 3.00 bits per heavy atom. The molecule has 0 unspecified atom stereocenters. The molecular weight excluding hydrogens is 302 g/mol. The standard InChI is InChI=1S/C16H18ClN3O2/c1-20(7-8-22-13-4-2-3-12(17)9-13)16(21)15-10-14(18-19-15)11-5-6-11/h2-4,9-11H,5-8H2,1H3,(H,18,19). The zero-order chi connectivity index (χ0) is 15.5. The number of aromatic amines is 1. The third-order valence-corrected chi connectivity index (χ3v) is 3.91. The molecule has 0 radical (unpaired) electrons. The Balaban J connectivity index is 1.50. The number of H-pyrrole nitrogens is 1. The van der Waals surface area contributed by atoms with Crippen LogP contribution in [-0.4, -0.2) is 41.2 Å². The summed E-state index contributed by atoms with van der Waals surface area (Å²) in [4.78, 5) is 13.9. The summed E-state index contributed by atoms with van der Waals surface area (Å²) in [6.45, 7) is 0.888. The Kier molecular flexibility index (Phi) is 4.34. The fourth-order valence-electron chi connectivity index (χ4n) is 2.20. The summed E-state index contributed by atoms with van der Waals surface area (Å²) < 4.78 is 5.59. The summed E-state index contributed by atoms with van der Waals surface area (Å²) in [5, 5.41) is 7.68. The van der Waals surface area contributed by atoms with Gasteiger partial charge in [-0.3, -0.25) is 9.89 Å². The molecule has 3 rings (SSSR count). The number of hydrogen-bond acceptors (Lipinski definition) is 3. The van der Waals surface area contributed by atoms with Crippen LogP contribution in [0.3, 0.4) is 0 Å². The molecule has 0 aliphatic heterocycles. The van der Waals surface area contributed by atoms with Gasteiger partial charge in [-0.1, -0.05) is 17.7 Å². The van der Waals surface area contributed by atoms with E-state index in [9.17, 15) is 4.79 Å². The van der Waals surface area contributed by atoms with Gasteiger partial charge in [0, 0.05) is 23.7 Å². The lowest BCUT2D eigenvalue weighted by Crippen LogP contribution is -2.31. The molecule has 0 saturated heterocycles. The fourth-order valence-corrected chi connectivity index (χ4v) is 2.38. The maximum absolute atomic E-state index is 12.3. The molecule has 0 spiro atoms. The fraction of sp³-hybridized carbons (Fsp3) is 0.375. The number of nitrogens with one attached hydrogen (secondary N) is 1. The smallest absolute Gasteiger partial charge is 0.274 e. The van der Waals surface area contributed by atoms with Crippen LogP contribution >= 0.6 is 11.6 Å². The van der Waals surface area contributed by atoms with Gasteiger partial charge in [0.25, 0.3) is 5.91 Å². The lowest BCUT2D eigenvalue weighted by molar-refractivity contribution is 0.0768. The maximum atomic E-state index is 12.3. The molecule has 1 aliphatic rings. The summed E-state index contributed by atoms with van der Waals surface area (Å²) in [6, 6.07) is 9.06. The van der Waals surface area contributed by atoms with Crippen molar-refractivity contribution in [2.24, 2.45) is 0 Å². The van der Waals surface area contributed by atoms with E-state index >= 15 is 0 Å². The van der Waals surface area contributed by atoms with Gasteiger partial charge in [-0.2, -0.15) is 5.10 Å². The molecule has 1 amide bonds. The predicted octanol–water partition coefficient (Wildman–Crippen LogP) is 3.09. The first-order valence-electron chi connectivity index (χ1n) is 7.32. The lowest BCUT2D eigenvalue weighted by Gasteiger charge is -2.16. The molecule has 1 fully saturated rings. The van der Waals surface area contributed by atoms with E-state index in [0.717, 1.165) is 5.69 Å². The molecule has 0 atom stereocenters. The van der Waals surface area contributed by atoms with Crippen LogP contribution in [0.1, 0.15) is 34.9 Å². The number of nitrogens with zero attached hydrogens (tertiary/aromatic N) is 2. The van der Waals surface area contributed by atoms with Crippen molar-refractivity contribution >= 4 is 17.5 Å². The van der Waals surface area contributed by atoms with E-state index in [1.165, 1.54) is 12.8 Å². The van der Waals surface area contributed by atoms with Crippen molar-refractivity contribution in [2.75, 3.05) is 20.2 Å². The number of benzene rings is 1. The predicted molar refractivity (Wildman–Crippen MR) is 84.5 cm³/mol. The van der Waals surface area contributed by atoms with E-state index in [4.69, 9.17) is 16.3 Å². The summed E-state index contributed by atoms with van der Waals surface area (Å²) in [5.74, 6) is 1.16. The van der Waals surface area contributed by atoms with E-state index in [1.54, 1.807) is 24.1 Å². The topological polar surface area (TPSA) is 58.2 Å². The monoisotopic (exact) mass is 319 g/mol. The summed E-state index contributed by atoms with van der Waals surface area (Å²) >= 11 is 5.89. The molecule has 1 heterocycles. The maximum Gasteiger partial charge on any atom is 0.274 e. The Bertz CT molecular complexity index is 667. The number of amides is 1. The first-order valence-corrected chi connectivity index (χ1v) is 7.70. The number of hydrogen-bond donors (Lipinski definition) is 1. The average molecular weight is 320 g/mol. The van der Waals surface area contributed by atoms with E-state index in [-0.39, 0.29) is 5.91 Å². The second-order valence-corrected chi connectivity index (χ2v) is 5.95. The van der Waals surface area contributed by atoms with Gasteiger partial charge in [-0.25, -0.2) is 0 Å². The largest absolute Gasteiger partial charge is 0.492 e. The number of aromatic nitrogens is 2. The second-order valence-electron chi connectivity index (χ2n) is 5.52. The minimum Gasteiger partial charge on any atom is -0.492 e. The van der Waals surface area contributed by atoms with Crippen molar-refractivity contribution in [1.82, 2.24) is 15.1 Å². The second kappa shape index (κ2) is 6.40. The zero-order valence-corrected chi connectivity index (χ0v) is 13.1. The molecule has 2 aromatic rings. The molecule has 0 bridgehead atoms. The van der Waals surface area contributed by atoms with Crippen LogP contribution in [0, 0.1) is 0 Å². The molecule has 22 heavy (non-hydrogen) atoms. The Hall–Kier alpha value is -2.01. The van der Waals surface area contributed by atoms with E-state index in [2.05, 4.69) is 10.2 Å². The quantitative estimate of drug-likeness (QED) is 0.890. The highest BCUT2D eigenvalue weighted by atomic mass is 35.5. The molecule has 1 saturated carbocycles. The minimum atomic E-state index is -0.0992. The van der Waals surface area contributed by atoms with Crippen LogP contribution in [0.15, 0.2) is 30.3 Å². The highest BCUT2D eigenvalue weighted by molar-refractivity contribution is 6.30. The number of likely N-dealkylation sites (N-methyl/N-ethyl adjacent to an activating group) is 1. The minimum absolute atomic E-state index is 0.0992. The normalized spacial score (nSPS) is 13.9. The van der Waals surface area contributed by atoms with Gasteiger partial charge in [0.1, 0.15) is 18.1 Å². The SMILES string of the molecule is CN(CCOc1cccc(Cl)c1)C(=O)c1cc(C2CC2)[nH]n1. The number of halogens is 1. The van der Waals surface area contributed by atoms with Crippen molar-refractivity contribution in [3.63, 3.8) is 0 Å². The molecule has 5 nitrogen and oxygen atoms in total. The highest BCUT2D eigenvalue weighted by Crippen LogP contribution is 2.39. The van der Waals surface area contributed by atoms with Crippen molar-refractivity contribution in [1.29, 1.82) is 0 Å². The van der Waals surface area contributed by atoms with Gasteiger partial charge in [-0.15, -0.1) is 0 Å². The summed E-state index contributed by atoms with van der Waals surface area (Å²) in [5.41, 5.74) is 1.53. The van der Waals surface area contributed by atoms with Crippen LogP contribution < -0.4 is 4.74 Å². The number of ether oxygens (including phenoxy) is 1. The van der Waals surface area contributed by atoms with E-state index < -0.39 is 0 Å². The Morgan fingerprint density at radius 1 is 1.45 bits per heavy atom. The van der Waals surface area contributed by atoms with Gasteiger partial charge in [0.2, 0.25) is 0 Å². The molecule has 1 N–H and O–H groups in total. The number of carbonyl (C=O) groups excluding carboxylic acids is 1. The first kappa shape index (κ1) is 14.9. The highest BCUT2D eigenvalue weighted by Gasteiger charge is 2.27. The van der Waals surface area contributed by atoms with Gasteiger partial charge >= 0.3 is 0 Å². The third kappa shape index (κ3) is 3.60. The van der Waals surface area contributed by atoms with Crippen LogP contribution in [0.2, 0.25) is 5.02 Å². The van der Waals surface area contributed by atoms with Crippen molar-refractivity contribution in [3.8, 4) is 5.75 Å². The summed E-state index contributed by atoms with van der Waals surface area (Å²) in [7, 11) is 1.75. The number of carbonyl (C=O) groups is 1. The molecule has 1 aromatic carbocycles. The van der Waals surface area contributed by atoms with Gasteiger partial charge in [-0.05, 0) is 37.1 Å². The van der Waals surface area contributed by atoms with Crippen LogP contribution in [0.4, 0.5) is 0 Å². The molecular formula is C16H18ClN3O2. The van der Waals surface area contributed by atoms with E-state index in [0.29, 0.717) is 35.5 Å². The average Bonchev–Trinajstić information content (AvgIpc) is 3.24. The van der Waals surface area contributed by atoms with Crippen LogP contribution in [0.25, 0.3) is 0 Å². The van der Waals surface area contributed by atoms with Gasteiger partial charge in [0.15, 0.2) is 0 Å². The first-order chi connectivity index (χ1) is 10.6. The molecule has 1 aliphatic carbocycles. The van der Waals surface area contributed by atoms with Crippen LogP contribution in [-0.2, 0) is 0 Å². The molecule has 6 heteroatoms. The van der Waals surface area contributed by atoms with Crippen molar-refractivity contribution in [3.05, 3.63) is 46.7 Å². The van der Waals surface area contributed by atoms with Gasteiger partial charge in [0.05, 0.1) is 6.54 Å². The lowest BCUT2D eigenvalue weighted by atomic mass is 10.2. The summed E-state index contributed by atoms with van der Waals surface area (Å²) in [6.07, 6.45) is 2.36. The molecule has 1 aromatic heterocycles. The Labute approximate surface area is 134 Å². The third-order valence-electron chi connectivity index (χ3n) is 3.67. The van der Waals surface area contributed by atoms with Crippen molar-refractivity contribution in [2.45, 2.75) is 18.8 Å². The van der Waals surface area contributed by atoms with Gasteiger partial charge < -0.3 is 9.64 Å². The number of rotatable bonds is 6.